The lowest BCUT2D eigenvalue weighted by Gasteiger charge is -2.19. The normalized spacial score (nSPS) is 13.3. The van der Waals surface area contributed by atoms with Gasteiger partial charge in [-0.2, -0.15) is 0 Å². The smallest absolute Gasteiger partial charge is 0.349 e. The summed E-state index contributed by atoms with van der Waals surface area (Å²) in [6.45, 7) is 3.87. The summed E-state index contributed by atoms with van der Waals surface area (Å²) in [5.41, 5.74) is 0.368. The summed E-state index contributed by atoms with van der Waals surface area (Å²) < 4.78 is 5.06. The molecule has 1 aromatic carbocycles. The molecule has 1 rings (SSSR count). The molecule has 0 saturated heterocycles. The SMILES string of the molecule is CC(C)C[C@@H](CC(=O)O)CC(=O)O[C@H](C(=O)O)c1ccccc1. The van der Waals surface area contributed by atoms with Gasteiger partial charge in [-0.1, -0.05) is 44.2 Å². The number of carbonyl (C=O) groups excluding carboxylic acids is 1. The van der Waals surface area contributed by atoms with Crippen molar-refractivity contribution in [2.24, 2.45) is 11.8 Å². The van der Waals surface area contributed by atoms with Crippen molar-refractivity contribution in [3.05, 3.63) is 35.9 Å². The minimum atomic E-state index is -1.38. The van der Waals surface area contributed by atoms with Crippen LogP contribution in [-0.4, -0.2) is 28.1 Å². The number of rotatable bonds is 9. The predicted octanol–water partition coefficient (Wildman–Crippen LogP) is 2.88. The zero-order valence-corrected chi connectivity index (χ0v) is 13.3. The van der Waals surface area contributed by atoms with Crippen LogP contribution in [0, 0.1) is 11.8 Å². The fraction of sp³-hybridized carbons (Fsp3) is 0.471. The Labute approximate surface area is 135 Å². The van der Waals surface area contributed by atoms with Crippen molar-refractivity contribution in [2.45, 2.75) is 39.2 Å². The summed E-state index contributed by atoms with van der Waals surface area (Å²) in [6, 6.07) is 8.18. The van der Waals surface area contributed by atoms with Gasteiger partial charge in [0.1, 0.15) is 0 Å². The summed E-state index contributed by atoms with van der Waals surface area (Å²) in [7, 11) is 0. The molecule has 0 aliphatic heterocycles. The quantitative estimate of drug-likeness (QED) is 0.678. The van der Waals surface area contributed by atoms with Crippen molar-refractivity contribution in [3.8, 4) is 0 Å². The van der Waals surface area contributed by atoms with Crippen molar-refractivity contribution in [1.82, 2.24) is 0 Å². The van der Waals surface area contributed by atoms with Gasteiger partial charge in [-0.3, -0.25) is 9.59 Å². The first-order valence-corrected chi connectivity index (χ1v) is 7.48. The average molecular weight is 322 g/mol. The maximum absolute atomic E-state index is 12.0. The Hall–Kier alpha value is -2.37. The summed E-state index contributed by atoms with van der Waals surface area (Å²) in [6.07, 6.45) is -1.07. The van der Waals surface area contributed by atoms with Crippen LogP contribution in [0.25, 0.3) is 0 Å². The van der Waals surface area contributed by atoms with Gasteiger partial charge in [0.15, 0.2) is 0 Å². The van der Waals surface area contributed by atoms with Crippen LogP contribution >= 0.6 is 0 Å². The van der Waals surface area contributed by atoms with E-state index in [4.69, 9.17) is 9.84 Å². The molecular weight excluding hydrogens is 300 g/mol. The highest BCUT2D eigenvalue weighted by atomic mass is 16.6. The Morgan fingerprint density at radius 3 is 2.13 bits per heavy atom. The van der Waals surface area contributed by atoms with E-state index in [-0.39, 0.29) is 24.7 Å². The van der Waals surface area contributed by atoms with E-state index >= 15 is 0 Å². The highest BCUT2D eigenvalue weighted by Crippen LogP contribution is 2.23. The van der Waals surface area contributed by atoms with Crippen molar-refractivity contribution < 1.29 is 29.3 Å². The molecule has 0 spiro atoms. The van der Waals surface area contributed by atoms with E-state index in [9.17, 15) is 19.5 Å². The molecule has 0 amide bonds. The molecule has 0 aliphatic carbocycles. The van der Waals surface area contributed by atoms with Gasteiger partial charge in [-0.05, 0) is 18.3 Å². The third-order valence-electron chi connectivity index (χ3n) is 3.30. The number of benzene rings is 1. The Balaban J connectivity index is 2.74. The van der Waals surface area contributed by atoms with Gasteiger partial charge >= 0.3 is 17.9 Å². The Bertz CT molecular complexity index is 537. The lowest BCUT2D eigenvalue weighted by atomic mass is 9.91. The highest BCUT2D eigenvalue weighted by Gasteiger charge is 2.26. The zero-order valence-electron chi connectivity index (χ0n) is 13.3. The fourth-order valence-electron chi connectivity index (χ4n) is 2.46. The number of carboxylic acids is 2. The van der Waals surface area contributed by atoms with Crippen LogP contribution in [0.4, 0.5) is 0 Å². The van der Waals surface area contributed by atoms with Crippen LogP contribution in [-0.2, 0) is 19.1 Å². The lowest BCUT2D eigenvalue weighted by molar-refractivity contribution is -0.165. The maximum Gasteiger partial charge on any atom is 0.349 e. The van der Waals surface area contributed by atoms with Crippen LogP contribution in [0.15, 0.2) is 30.3 Å². The van der Waals surface area contributed by atoms with E-state index in [0.717, 1.165) is 0 Å². The van der Waals surface area contributed by atoms with E-state index < -0.39 is 24.0 Å². The first-order valence-electron chi connectivity index (χ1n) is 7.48. The highest BCUT2D eigenvalue weighted by molar-refractivity contribution is 5.79. The second-order valence-electron chi connectivity index (χ2n) is 5.92. The standard InChI is InChI=1S/C17H22O6/c1-11(2)8-12(9-14(18)19)10-15(20)23-16(17(21)22)13-6-4-3-5-7-13/h3-7,11-12,16H,8-10H2,1-2H3,(H,18,19)(H,21,22)/t12-,16-/m0/s1. The monoisotopic (exact) mass is 322 g/mol. The van der Waals surface area contributed by atoms with Gasteiger partial charge in [0.05, 0.1) is 0 Å². The van der Waals surface area contributed by atoms with Gasteiger partial charge in [-0.25, -0.2) is 4.79 Å². The number of hydrogen-bond acceptors (Lipinski definition) is 4. The third kappa shape index (κ3) is 6.95. The van der Waals surface area contributed by atoms with Crippen LogP contribution in [0.5, 0.6) is 0 Å². The Morgan fingerprint density at radius 1 is 1.04 bits per heavy atom. The number of carbonyl (C=O) groups is 3. The number of hydrogen-bond donors (Lipinski definition) is 2. The molecule has 0 heterocycles. The van der Waals surface area contributed by atoms with Gasteiger partial charge < -0.3 is 14.9 Å². The van der Waals surface area contributed by atoms with Crippen LogP contribution < -0.4 is 0 Å². The molecule has 0 unspecified atom stereocenters. The molecule has 0 saturated carbocycles. The van der Waals surface area contributed by atoms with Gasteiger partial charge in [0, 0.05) is 18.4 Å². The van der Waals surface area contributed by atoms with E-state index in [1.807, 2.05) is 13.8 Å². The van der Waals surface area contributed by atoms with E-state index in [2.05, 4.69) is 0 Å². The maximum atomic E-state index is 12.0. The molecule has 1 aromatic rings. The van der Waals surface area contributed by atoms with Gasteiger partial charge in [-0.15, -0.1) is 0 Å². The zero-order chi connectivity index (χ0) is 17.4. The molecule has 23 heavy (non-hydrogen) atoms. The van der Waals surface area contributed by atoms with Gasteiger partial charge in [0.2, 0.25) is 6.10 Å². The minimum absolute atomic E-state index is 0.110. The first-order chi connectivity index (χ1) is 10.8. The molecular formula is C17H22O6. The molecule has 0 radical (unpaired) electrons. The van der Waals surface area contributed by atoms with E-state index in [1.54, 1.807) is 30.3 Å². The molecule has 0 fully saturated rings. The molecule has 0 aromatic heterocycles. The molecule has 0 aliphatic rings. The predicted molar refractivity (Wildman–Crippen MR) is 82.7 cm³/mol. The first kappa shape index (κ1) is 18.7. The molecule has 2 N–H and O–H groups in total. The van der Waals surface area contributed by atoms with Crippen molar-refractivity contribution in [3.63, 3.8) is 0 Å². The summed E-state index contributed by atoms with van der Waals surface area (Å²) in [5.74, 6) is -3.08. The lowest BCUT2D eigenvalue weighted by Crippen LogP contribution is -2.22. The average Bonchev–Trinajstić information content (AvgIpc) is 2.43. The largest absolute Gasteiger partial charge is 0.481 e. The summed E-state index contributed by atoms with van der Waals surface area (Å²) in [4.78, 5) is 34.2. The number of carboxylic acid groups (broad SMARTS) is 2. The number of ether oxygens (including phenoxy) is 1. The van der Waals surface area contributed by atoms with Crippen LogP contribution in [0.1, 0.15) is 44.8 Å². The van der Waals surface area contributed by atoms with Crippen molar-refractivity contribution in [2.75, 3.05) is 0 Å². The number of aliphatic carboxylic acids is 2. The second-order valence-corrected chi connectivity index (χ2v) is 5.92. The topological polar surface area (TPSA) is 101 Å². The van der Waals surface area contributed by atoms with E-state index in [1.165, 1.54) is 0 Å². The summed E-state index contributed by atoms with van der Waals surface area (Å²) >= 11 is 0. The van der Waals surface area contributed by atoms with Crippen molar-refractivity contribution in [1.29, 1.82) is 0 Å². The third-order valence-corrected chi connectivity index (χ3v) is 3.30. The van der Waals surface area contributed by atoms with Crippen molar-refractivity contribution >= 4 is 17.9 Å². The molecule has 0 bridgehead atoms. The molecule has 6 nitrogen and oxygen atoms in total. The Kier molecular flexibility index (Phi) is 7.25. The Morgan fingerprint density at radius 2 is 1.65 bits per heavy atom. The number of esters is 1. The van der Waals surface area contributed by atoms with Crippen LogP contribution in [0.2, 0.25) is 0 Å². The van der Waals surface area contributed by atoms with Crippen LogP contribution in [0.3, 0.4) is 0 Å². The summed E-state index contributed by atoms with van der Waals surface area (Å²) in [5, 5.41) is 18.1. The molecule has 6 heteroatoms. The molecule has 2 atom stereocenters. The second kappa shape index (κ2) is 8.92. The van der Waals surface area contributed by atoms with E-state index in [0.29, 0.717) is 12.0 Å². The fourth-order valence-corrected chi connectivity index (χ4v) is 2.46. The van der Waals surface area contributed by atoms with Gasteiger partial charge in [0.25, 0.3) is 0 Å². The molecule has 126 valence electrons. The minimum Gasteiger partial charge on any atom is -0.481 e.